The fraction of sp³-hybridized carbons (Fsp3) is 0.909. The van der Waals surface area contributed by atoms with Gasteiger partial charge in [0.15, 0.2) is 6.73 Å². The number of hydrogen-bond acceptors (Lipinski definition) is 3. The monoisotopic (exact) mass is 219 g/mol. The summed E-state index contributed by atoms with van der Waals surface area (Å²) in [5.74, 6) is -0.961. The minimum atomic E-state index is -0.961. The summed E-state index contributed by atoms with van der Waals surface area (Å²) in [4.78, 5) is 9.49. The highest BCUT2D eigenvalue weighted by molar-refractivity contribution is 5.63. The van der Waals surface area contributed by atoms with Crippen LogP contribution in [0.4, 0.5) is 0 Å². The van der Waals surface area contributed by atoms with E-state index >= 15 is 0 Å². The van der Waals surface area contributed by atoms with Gasteiger partial charge in [0.25, 0.3) is 0 Å². The van der Waals surface area contributed by atoms with Crippen molar-refractivity contribution in [3.63, 3.8) is 0 Å². The molecule has 92 valence electrons. The fourth-order valence-electron chi connectivity index (χ4n) is 0.922. The fourth-order valence-corrected chi connectivity index (χ4v) is 0.922. The average Bonchev–Trinajstić information content (AvgIpc) is 2.19. The van der Waals surface area contributed by atoms with Crippen LogP contribution in [-0.2, 0) is 9.53 Å². The summed E-state index contributed by atoms with van der Waals surface area (Å²) in [6.45, 7) is 9.28. The lowest BCUT2D eigenvalue weighted by molar-refractivity contribution is -0.924. The van der Waals surface area contributed by atoms with Crippen molar-refractivity contribution in [2.75, 3.05) is 34.0 Å². The summed E-state index contributed by atoms with van der Waals surface area (Å²) in [5, 5.41) is 9.49. The van der Waals surface area contributed by atoms with Crippen LogP contribution in [0.5, 0.6) is 0 Å². The molecule has 0 aliphatic carbocycles. The van der Waals surface area contributed by atoms with E-state index in [0.29, 0.717) is 6.42 Å². The molecule has 4 nitrogen and oxygen atoms in total. The van der Waals surface area contributed by atoms with Crippen molar-refractivity contribution in [3.8, 4) is 0 Å². The van der Waals surface area contributed by atoms with Gasteiger partial charge >= 0.3 is 0 Å². The summed E-state index contributed by atoms with van der Waals surface area (Å²) >= 11 is 0. The van der Waals surface area contributed by atoms with Gasteiger partial charge in [0.05, 0.1) is 20.1 Å². The molecule has 0 aliphatic heterocycles. The Labute approximate surface area is 93.4 Å². The second-order valence-corrected chi connectivity index (χ2v) is 3.79. The lowest BCUT2D eigenvalue weighted by Gasteiger charge is -2.30. The van der Waals surface area contributed by atoms with Crippen molar-refractivity contribution in [1.82, 2.24) is 0 Å². The van der Waals surface area contributed by atoms with Crippen LogP contribution in [-0.4, -0.2) is 44.4 Å². The van der Waals surface area contributed by atoms with Gasteiger partial charge in [0, 0.05) is 13.1 Å². The Morgan fingerprint density at radius 3 is 1.80 bits per heavy atom. The Balaban J connectivity index is 0. The number of carboxylic acids is 1. The van der Waals surface area contributed by atoms with Crippen molar-refractivity contribution in [2.45, 2.75) is 33.6 Å². The van der Waals surface area contributed by atoms with E-state index in [0.717, 1.165) is 24.3 Å². The number of nitrogens with zero attached hydrogens (tertiary/aromatic N) is 1. The third-order valence-electron chi connectivity index (χ3n) is 2.42. The van der Waals surface area contributed by atoms with Crippen molar-refractivity contribution in [2.24, 2.45) is 0 Å². The average molecular weight is 219 g/mol. The topological polar surface area (TPSA) is 49.4 Å². The van der Waals surface area contributed by atoms with Crippen LogP contribution in [0.1, 0.15) is 33.6 Å². The number of carbonyl (C=O) groups is 1. The first kappa shape index (κ1) is 16.8. The van der Waals surface area contributed by atoms with E-state index in [1.54, 1.807) is 14.0 Å². The predicted octanol–water partition coefficient (Wildman–Crippen LogP) is 0.613. The number of carbonyl (C=O) groups excluding carboxylic acids is 1. The highest BCUT2D eigenvalue weighted by Gasteiger charge is 2.14. The van der Waals surface area contributed by atoms with Gasteiger partial charge in [-0.2, -0.15) is 0 Å². The van der Waals surface area contributed by atoms with E-state index in [4.69, 9.17) is 4.74 Å². The predicted molar refractivity (Wildman–Crippen MR) is 59.1 cm³/mol. The van der Waals surface area contributed by atoms with Gasteiger partial charge in [-0.1, -0.05) is 13.3 Å². The van der Waals surface area contributed by atoms with E-state index in [9.17, 15) is 9.90 Å². The van der Waals surface area contributed by atoms with Crippen LogP contribution >= 0.6 is 0 Å². The highest BCUT2D eigenvalue weighted by atomic mass is 16.5. The molecule has 0 unspecified atom stereocenters. The molecule has 0 aromatic heterocycles. The van der Waals surface area contributed by atoms with Crippen LogP contribution < -0.4 is 5.11 Å². The molecule has 0 bridgehead atoms. The van der Waals surface area contributed by atoms with Gasteiger partial charge in [0.1, 0.15) is 0 Å². The molecule has 0 saturated heterocycles. The molecule has 0 heterocycles. The summed E-state index contributed by atoms with van der Waals surface area (Å²) in [6, 6.07) is 0. The van der Waals surface area contributed by atoms with Crippen LogP contribution in [0.2, 0.25) is 0 Å². The molecule has 0 aliphatic rings. The number of carboxylic acid groups (broad SMARTS) is 1. The second-order valence-electron chi connectivity index (χ2n) is 3.79. The first-order valence-corrected chi connectivity index (χ1v) is 5.48. The van der Waals surface area contributed by atoms with Crippen molar-refractivity contribution >= 4 is 5.97 Å². The maximum atomic E-state index is 9.49. The SMILES string of the molecule is CCCC(=O)[O-].CC[N+](C)(CC)COC. The molecule has 0 saturated carbocycles. The Hall–Kier alpha value is -0.610. The van der Waals surface area contributed by atoms with Crippen molar-refractivity contribution in [1.29, 1.82) is 0 Å². The van der Waals surface area contributed by atoms with Crippen LogP contribution in [0, 0.1) is 0 Å². The number of hydrogen-bond donors (Lipinski definition) is 0. The normalized spacial score (nSPS) is 10.5. The molecule has 0 fully saturated rings. The smallest absolute Gasteiger partial charge is 0.182 e. The van der Waals surface area contributed by atoms with Gasteiger partial charge in [0.2, 0.25) is 0 Å². The number of quaternary nitrogens is 1. The molecule has 4 heteroatoms. The third-order valence-corrected chi connectivity index (χ3v) is 2.42. The molecule has 0 amide bonds. The number of ether oxygens (including phenoxy) is 1. The number of methoxy groups -OCH3 is 1. The maximum Gasteiger partial charge on any atom is 0.182 e. The second kappa shape index (κ2) is 9.93. The molecular formula is C11H25NO3. The van der Waals surface area contributed by atoms with E-state index < -0.39 is 5.97 Å². The lowest BCUT2D eigenvalue weighted by Crippen LogP contribution is -2.44. The zero-order valence-corrected chi connectivity index (χ0v) is 10.7. The van der Waals surface area contributed by atoms with E-state index in [1.807, 2.05) is 0 Å². The first-order chi connectivity index (χ1) is 6.95. The molecule has 0 atom stereocenters. The van der Waals surface area contributed by atoms with Crippen molar-refractivity contribution < 1.29 is 19.1 Å². The van der Waals surface area contributed by atoms with Gasteiger partial charge in [-0.15, -0.1) is 0 Å². The summed E-state index contributed by atoms with van der Waals surface area (Å²) in [5.41, 5.74) is 0. The Bertz CT molecular complexity index is 156. The van der Waals surface area contributed by atoms with Gasteiger partial charge in [-0.25, -0.2) is 0 Å². The zero-order valence-electron chi connectivity index (χ0n) is 10.7. The van der Waals surface area contributed by atoms with E-state index in [1.165, 1.54) is 0 Å². The summed E-state index contributed by atoms with van der Waals surface area (Å²) in [7, 11) is 3.95. The molecule has 15 heavy (non-hydrogen) atoms. The van der Waals surface area contributed by atoms with Gasteiger partial charge in [-0.3, -0.25) is 0 Å². The minimum Gasteiger partial charge on any atom is -0.550 e. The lowest BCUT2D eigenvalue weighted by atomic mass is 10.4. The van der Waals surface area contributed by atoms with Crippen molar-refractivity contribution in [3.05, 3.63) is 0 Å². The highest BCUT2D eigenvalue weighted by Crippen LogP contribution is 1.99. The standard InChI is InChI=1S/C7H18NO.C4H8O2/c1-5-8(3,6-2)7-9-4;1-2-3-4(5)6/h5-7H2,1-4H3;2-3H2,1H3,(H,5,6)/q+1;/p-1. The third kappa shape index (κ3) is 11.3. The summed E-state index contributed by atoms with van der Waals surface area (Å²) in [6.07, 6.45) is 0.850. The molecular weight excluding hydrogens is 194 g/mol. The minimum absolute atomic E-state index is 0.181. The molecule has 0 rings (SSSR count). The number of aliphatic carboxylic acids is 1. The van der Waals surface area contributed by atoms with Crippen LogP contribution in [0.15, 0.2) is 0 Å². The first-order valence-electron chi connectivity index (χ1n) is 5.48. The zero-order chi connectivity index (χ0) is 12.3. The quantitative estimate of drug-likeness (QED) is 0.486. The molecule has 0 aromatic rings. The van der Waals surface area contributed by atoms with Crippen LogP contribution in [0.25, 0.3) is 0 Å². The Morgan fingerprint density at radius 1 is 1.27 bits per heavy atom. The van der Waals surface area contributed by atoms with Gasteiger partial charge < -0.3 is 19.1 Å². The van der Waals surface area contributed by atoms with E-state index in [2.05, 4.69) is 20.9 Å². The molecule has 0 spiro atoms. The Morgan fingerprint density at radius 2 is 1.73 bits per heavy atom. The summed E-state index contributed by atoms with van der Waals surface area (Å²) < 4.78 is 6.07. The van der Waals surface area contributed by atoms with Gasteiger partial charge in [-0.05, 0) is 20.3 Å². The van der Waals surface area contributed by atoms with E-state index in [-0.39, 0.29) is 6.42 Å². The Kier molecular flexibility index (Phi) is 11.1. The maximum absolute atomic E-state index is 9.49. The number of rotatable bonds is 6. The molecule has 0 radical (unpaired) electrons. The largest absolute Gasteiger partial charge is 0.550 e. The van der Waals surface area contributed by atoms with Crippen LogP contribution in [0.3, 0.4) is 0 Å². The molecule has 0 N–H and O–H groups in total. The molecule has 0 aromatic carbocycles.